The number of nitrogens with one attached hydrogen (secondary N) is 3. The number of H-pyrrole nitrogens is 1. The van der Waals surface area contributed by atoms with E-state index in [0.29, 0.717) is 44.1 Å². The third-order valence-corrected chi connectivity index (χ3v) is 16.7. The van der Waals surface area contributed by atoms with Gasteiger partial charge in [-0.3, -0.25) is 28.0 Å². The minimum absolute atomic E-state index is 0.102. The van der Waals surface area contributed by atoms with Gasteiger partial charge in [-0.2, -0.15) is 10.5 Å². The molecule has 80 heavy (non-hydrogen) atoms. The molecule has 4 amide bonds. The van der Waals surface area contributed by atoms with E-state index in [0.717, 1.165) is 39.8 Å². The van der Waals surface area contributed by atoms with Crippen molar-refractivity contribution in [2.45, 2.75) is 68.7 Å². The molecule has 0 aromatic carbocycles. The van der Waals surface area contributed by atoms with Crippen molar-refractivity contribution in [2.75, 3.05) is 45.3 Å². The number of carbonyl (C=O) groups excluding carboxylic acids is 4. The molecule has 416 valence electrons. The van der Waals surface area contributed by atoms with Gasteiger partial charge in [-0.05, 0) is 44.2 Å². The van der Waals surface area contributed by atoms with E-state index in [9.17, 15) is 44.8 Å². The molecule has 30 heteroatoms. The predicted molar refractivity (Wildman–Crippen MR) is 285 cm³/mol. The van der Waals surface area contributed by atoms with Crippen LogP contribution in [0.25, 0.3) is 56.1 Å². The van der Waals surface area contributed by atoms with Crippen LogP contribution in [0.1, 0.15) is 34.6 Å². The summed E-state index contributed by atoms with van der Waals surface area (Å²) < 4.78 is 87.1. The first-order chi connectivity index (χ1) is 37.7. The maximum Gasteiger partial charge on any atom is 0.255 e. The molecule has 0 radical (unpaired) electrons. The molecule has 0 spiro atoms. The molecule has 2 aliphatic rings. The minimum Gasteiger partial charge on any atom is -0.361 e. The summed E-state index contributed by atoms with van der Waals surface area (Å²) >= 11 is 0. The van der Waals surface area contributed by atoms with Crippen molar-refractivity contribution in [3.05, 3.63) is 84.2 Å². The Morgan fingerprint density at radius 1 is 0.725 bits per heavy atom. The second kappa shape index (κ2) is 21.6. The van der Waals surface area contributed by atoms with Crippen LogP contribution in [-0.4, -0.2) is 164 Å². The number of imidazole rings is 2. The summed E-state index contributed by atoms with van der Waals surface area (Å²) in [6.45, 7) is 11.8. The molecule has 2 saturated heterocycles. The van der Waals surface area contributed by atoms with Crippen molar-refractivity contribution in [1.82, 2.24) is 68.7 Å². The maximum absolute atomic E-state index is 14.1. The summed E-state index contributed by atoms with van der Waals surface area (Å²) in [7, 11) is -9.00. The van der Waals surface area contributed by atoms with Gasteiger partial charge < -0.3 is 34.7 Å². The van der Waals surface area contributed by atoms with Crippen molar-refractivity contribution in [1.29, 1.82) is 10.5 Å². The van der Waals surface area contributed by atoms with Crippen LogP contribution in [0.4, 0.5) is 8.78 Å². The average Bonchev–Trinajstić information content (AvgIpc) is 4.25. The van der Waals surface area contributed by atoms with Crippen LogP contribution in [0, 0.1) is 46.1 Å². The highest BCUT2D eigenvalue weighted by Crippen LogP contribution is 2.31. The molecule has 0 bridgehead atoms. The first-order valence-electron chi connectivity index (χ1n) is 24.7. The van der Waals surface area contributed by atoms with Crippen LogP contribution in [-0.2, 0) is 40.7 Å². The smallest absolute Gasteiger partial charge is 0.255 e. The number of nitriles is 2. The fourth-order valence-electron chi connectivity index (χ4n) is 8.82. The second-order valence-electron chi connectivity index (χ2n) is 20.7. The average molecular weight is 1150 g/mol. The fraction of sp³-hybridized carbons (Fsp3) is 0.360. The molecule has 10 heterocycles. The van der Waals surface area contributed by atoms with Gasteiger partial charge in [0.25, 0.3) is 11.8 Å². The molecule has 2 aliphatic heterocycles. The number of amides is 4. The Hall–Kier alpha value is -8.58. The van der Waals surface area contributed by atoms with Gasteiger partial charge in [-0.1, -0.05) is 19.6 Å². The zero-order chi connectivity index (χ0) is 57.7. The van der Waals surface area contributed by atoms with Gasteiger partial charge in [0.2, 0.25) is 41.8 Å². The van der Waals surface area contributed by atoms with Crippen LogP contribution in [0.5, 0.6) is 0 Å². The van der Waals surface area contributed by atoms with Gasteiger partial charge in [0.05, 0.1) is 58.5 Å². The number of fused-ring (bicyclic) bond motifs is 4. The molecule has 8 aromatic heterocycles. The van der Waals surface area contributed by atoms with Crippen LogP contribution in [0.3, 0.4) is 0 Å². The number of rotatable bonds is 15. The van der Waals surface area contributed by atoms with Gasteiger partial charge in [0.15, 0.2) is 11.3 Å². The van der Waals surface area contributed by atoms with Crippen molar-refractivity contribution >= 4 is 84.7 Å². The standard InChI is InChI=1S/C28H33FN8O5SSi.C22H19FN8O4S/c1-17(27(39)35-12-18(10-30)13-35)32-26(38)20-15-36(16-42-8-9-44(3,4)5)25-23(20)33-21(11-31-25)24-22-7-6-19(29)14-37(22)28(34-24)43(2,40)41;1-11(21(33)30-8-12(5-24)9-30)27-20(32)14-6-25-19-17(14)28-15(7-26-19)18-16-4-3-13(23)10-31(16)22(29-18)36(2,34)35/h6-7,11,14-15,17-18H,8-9,12-13,16H2,1-5H3,(H,32,38);3-4,6-7,10-12H,8-9H2,1-2H3,(H,25,26)(H,27,32)/t17-;11-/m11/s1. The number of likely N-dealkylation sites (tertiary alicyclic amines) is 2. The van der Waals surface area contributed by atoms with E-state index in [1.54, 1.807) is 24.6 Å². The van der Waals surface area contributed by atoms with Gasteiger partial charge in [0.1, 0.15) is 64.3 Å². The minimum atomic E-state index is -3.85. The largest absolute Gasteiger partial charge is 0.361 e. The van der Waals surface area contributed by atoms with Crippen LogP contribution < -0.4 is 10.6 Å². The van der Waals surface area contributed by atoms with Gasteiger partial charge in [-0.15, -0.1) is 0 Å². The molecule has 10 rings (SSSR count). The van der Waals surface area contributed by atoms with Crippen molar-refractivity contribution in [3.63, 3.8) is 0 Å². The Morgan fingerprint density at radius 3 is 1.68 bits per heavy atom. The lowest BCUT2D eigenvalue weighted by Crippen LogP contribution is -2.55. The Bertz CT molecular complexity index is 4150. The molecular formula is C50H52F2N16O9S2Si. The molecule has 0 aliphatic carbocycles. The maximum atomic E-state index is 14.1. The van der Waals surface area contributed by atoms with Crippen molar-refractivity contribution in [3.8, 4) is 34.9 Å². The first-order valence-corrected chi connectivity index (χ1v) is 32.2. The molecule has 3 N–H and O–H groups in total. The molecule has 8 aromatic rings. The van der Waals surface area contributed by atoms with Crippen LogP contribution in [0.15, 0.2) is 71.8 Å². The zero-order valence-electron chi connectivity index (χ0n) is 44.1. The van der Waals surface area contributed by atoms with Crippen molar-refractivity contribution in [2.24, 2.45) is 11.8 Å². The highest BCUT2D eigenvalue weighted by atomic mass is 32.2. The fourth-order valence-corrected chi connectivity index (χ4v) is 11.1. The Kier molecular flexibility index (Phi) is 15.1. The third-order valence-electron chi connectivity index (χ3n) is 13.1. The number of carbonyl (C=O) groups is 4. The summed E-state index contributed by atoms with van der Waals surface area (Å²) in [4.78, 5) is 84.1. The number of hydrogen-bond acceptors (Lipinski definition) is 17. The lowest BCUT2D eigenvalue weighted by atomic mass is 10.0. The summed E-state index contributed by atoms with van der Waals surface area (Å²) in [5.41, 5.74) is 2.43. The molecule has 0 saturated carbocycles. The van der Waals surface area contributed by atoms with Crippen LogP contribution >= 0.6 is 0 Å². The number of hydrogen-bond donors (Lipinski definition) is 3. The van der Waals surface area contributed by atoms with Crippen LogP contribution in [0.2, 0.25) is 25.7 Å². The van der Waals surface area contributed by atoms with Gasteiger partial charge in [0, 0.05) is 78.2 Å². The Morgan fingerprint density at radius 2 is 1.20 bits per heavy atom. The van der Waals surface area contributed by atoms with E-state index in [2.05, 4.69) is 77.3 Å². The molecule has 0 unspecified atom stereocenters. The van der Waals surface area contributed by atoms with E-state index >= 15 is 0 Å². The Labute approximate surface area is 456 Å². The number of aromatic amines is 1. The quantitative estimate of drug-likeness (QED) is 0.0975. The predicted octanol–water partition coefficient (Wildman–Crippen LogP) is 3.62. The SMILES string of the molecule is C[C@@H](NC(=O)c1c[nH]c2ncc(-c3nc(S(C)(=O)=O)n4cc(F)ccc34)nc12)C(=O)N1CC(C#N)C1.C[C@@H](NC(=O)c1cn(COCC[Si](C)(C)C)c2ncc(-c3nc(S(C)(=O)=O)n4cc(F)ccc34)nc12)C(=O)N1CC(C#N)C1. The Balaban J connectivity index is 0.000000197. The number of halogens is 2. The lowest BCUT2D eigenvalue weighted by molar-refractivity contribution is -0.138. The summed E-state index contributed by atoms with van der Waals surface area (Å²) in [5, 5.41) is 22.5. The number of ether oxygens (including phenoxy) is 1. The molecule has 2 fully saturated rings. The third kappa shape index (κ3) is 11.5. The van der Waals surface area contributed by atoms with E-state index in [1.807, 2.05) is 0 Å². The van der Waals surface area contributed by atoms with E-state index in [-0.39, 0.29) is 96.7 Å². The number of nitrogens with zero attached hydrogens (tertiary/aromatic N) is 13. The van der Waals surface area contributed by atoms with Gasteiger partial charge >= 0.3 is 0 Å². The van der Waals surface area contributed by atoms with E-state index < -0.39 is 63.3 Å². The topological polar surface area (TPSA) is 331 Å². The first kappa shape index (κ1) is 56.1. The molecule has 25 nitrogen and oxygen atoms in total. The summed E-state index contributed by atoms with van der Waals surface area (Å²) in [5.74, 6) is -3.46. The molecular weight excluding hydrogens is 1100 g/mol. The number of sulfone groups is 2. The number of aromatic nitrogens is 10. The monoisotopic (exact) mass is 1150 g/mol. The van der Waals surface area contributed by atoms with E-state index in [4.69, 9.17) is 15.3 Å². The number of pyridine rings is 2. The van der Waals surface area contributed by atoms with Crippen molar-refractivity contribution < 1.29 is 49.5 Å². The summed E-state index contributed by atoms with van der Waals surface area (Å²) in [6.07, 6.45) is 9.69. The lowest BCUT2D eigenvalue weighted by Gasteiger charge is -2.37. The summed E-state index contributed by atoms with van der Waals surface area (Å²) in [6, 6.07) is 8.57. The van der Waals surface area contributed by atoms with E-state index in [1.165, 1.54) is 52.7 Å². The highest BCUT2D eigenvalue weighted by molar-refractivity contribution is 7.90. The second-order valence-corrected chi connectivity index (χ2v) is 30.1. The normalized spacial score (nSPS) is 14.9. The zero-order valence-corrected chi connectivity index (χ0v) is 46.7. The highest BCUT2D eigenvalue weighted by Gasteiger charge is 2.36. The van der Waals surface area contributed by atoms with Gasteiger partial charge in [-0.25, -0.2) is 55.5 Å². The molecule has 2 atom stereocenters.